The third-order valence-corrected chi connectivity index (χ3v) is 11.1. The summed E-state index contributed by atoms with van der Waals surface area (Å²) in [5.41, 5.74) is 0.800. The van der Waals surface area contributed by atoms with Gasteiger partial charge in [0.2, 0.25) is 0 Å². The molecule has 8 atom stereocenters. The van der Waals surface area contributed by atoms with E-state index in [0.29, 0.717) is 10.8 Å². The molecular formula is C25H40O2. The predicted molar refractivity (Wildman–Crippen MR) is 107 cm³/mol. The fourth-order valence-corrected chi connectivity index (χ4v) is 9.74. The molecule has 5 saturated carbocycles. The smallest absolute Gasteiger partial charge is 0.0622 e. The maximum absolute atomic E-state index is 10.6. The number of hydrogen-bond acceptors (Lipinski definition) is 2. The zero-order valence-electron chi connectivity index (χ0n) is 17.6. The van der Waals surface area contributed by atoms with Crippen molar-refractivity contribution in [3.63, 3.8) is 0 Å². The molecule has 1 aliphatic heterocycles. The van der Waals surface area contributed by atoms with Gasteiger partial charge in [-0.05, 0) is 124 Å². The van der Waals surface area contributed by atoms with Gasteiger partial charge in [-0.2, -0.15) is 0 Å². The van der Waals surface area contributed by atoms with Crippen LogP contribution < -0.4 is 0 Å². The second-order valence-electron chi connectivity index (χ2n) is 12.3. The van der Waals surface area contributed by atoms with Crippen LogP contribution in [0.25, 0.3) is 0 Å². The van der Waals surface area contributed by atoms with Crippen LogP contribution in [-0.2, 0) is 4.74 Å². The predicted octanol–water partition coefficient (Wildman–Crippen LogP) is 5.43. The average Bonchev–Trinajstić information content (AvgIpc) is 3.36. The van der Waals surface area contributed by atoms with Crippen LogP contribution in [-0.4, -0.2) is 23.9 Å². The van der Waals surface area contributed by atoms with E-state index in [1.54, 1.807) is 0 Å². The molecular weight excluding hydrogens is 332 g/mol. The van der Waals surface area contributed by atoms with E-state index in [1.165, 1.54) is 57.8 Å². The Morgan fingerprint density at radius 3 is 2.26 bits per heavy atom. The summed E-state index contributed by atoms with van der Waals surface area (Å²) >= 11 is 0. The Kier molecular flexibility index (Phi) is 3.78. The van der Waals surface area contributed by atoms with Crippen LogP contribution in [0.2, 0.25) is 0 Å². The first kappa shape index (κ1) is 17.8. The zero-order valence-corrected chi connectivity index (χ0v) is 17.6. The molecule has 6 aliphatic rings. The van der Waals surface area contributed by atoms with Crippen molar-refractivity contribution in [1.29, 1.82) is 0 Å². The summed E-state index contributed by atoms with van der Waals surface area (Å²) < 4.78 is 5.85. The topological polar surface area (TPSA) is 29.5 Å². The maximum atomic E-state index is 10.6. The third kappa shape index (κ3) is 2.44. The van der Waals surface area contributed by atoms with Crippen molar-refractivity contribution >= 4 is 0 Å². The number of rotatable bonds is 2. The van der Waals surface area contributed by atoms with Crippen LogP contribution in [0.1, 0.15) is 84.5 Å². The summed E-state index contributed by atoms with van der Waals surface area (Å²) in [7, 11) is 0. The van der Waals surface area contributed by atoms with Crippen molar-refractivity contribution in [2.24, 2.45) is 52.3 Å². The van der Waals surface area contributed by atoms with Crippen LogP contribution in [0.15, 0.2) is 0 Å². The monoisotopic (exact) mass is 372 g/mol. The Morgan fingerprint density at radius 1 is 0.778 bits per heavy atom. The molecule has 6 rings (SSSR count). The van der Waals surface area contributed by atoms with Gasteiger partial charge in [0.05, 0.1) is 18.8 Å². The zero-order chi connectivity index (χ0) is 18.4. The fraction of sp³-hybridized carbons (Fsp3) is 1.00. The molecule has 27 heavy (non-hydrogen) atoms. The van der Waals surface area contributed by atoms with Crippen molar-refractivity contribution in [1.82, 2.24) is 0 Å². The van der Waals surface area contributed by atoms with E-state index in [9.17, 15) is 5.11 Å². The summed E-state index contributed by atoms with van der Waals surface area (Å²) in [4.78, 5) is 0. The molecule has 0 aromatic carbocycles. The first-order valence-electron chi connectivity index (χ1n) is 12.2. The van der Waals surface area contributed by atoms with E-state index in [-0.39, 0.29) is 5.60 Å². The average molecular weight is 373 g/mol. The third-order valence-electron chi connectivity index (χ3n) is 11.1. The second-order valence-corrected chi connectivity index (χ2v) is 12.3. The molecule has 0 radical (unpaired) electrons. The first-order valence-corrected chi connectivity index (χ1v) is 12.2. The molecule has 2 nitrogen and oxygen atoms in total. The summed E-state index contributed by atoms with van der Waals surface area (Å²) in [5, 5.41) is 10.6. The van der Waals surface area contributed by atoms with Gasteiger partial charge in [0.1, 0.15) is 0 Å². The molecule has 0 bridgehead atoms. The number of hydrogen-bond donors (Lipinski definition) is 1. The van der Waals surface area contributed by atoms with Gasteiger partial charge in [-0.15, -0.1) is 0 Å². The van der Waals surface area contributed by atoms with Crippen molar-refractivity contribution in [3.8, 4) is 0 Å². The van der Waals surface area contributed by atoms with Crippen LogP contribution >= 0.6 is 0 Å². The van der Waals surface area contributed by atoms with Crippen molar-refractivity contribution in [3.05, 3.63) is 0 Å². The van der Waals surface area contributed by atoms with Gasteiger partial charge in [0, 0.05) is 5.41 Å². The van der Waals surface area contributed by atoms with E-state index >= 15 is 0 Å². The Bertz CT molecular complexity index is 603. The number of aliphatic hydroxyl groups is 1. The van der Waals surface area contributed by atoms with E-state index in [1.807, 2.05) is 0 Å². The molecule has 0 unspecified atom stereocenters. The van der Waals surface area contributed by atoms with Gasteiger partial charge in [0.25, 0.3) is 0 Å². The highest BCUT2D eigenvalue weighted by atomic mass is 16.5. The van der Waals surface area contributed by atoms with Crippen LogP contribution in [0, 0.1) is 52.3 Å². The Labute approximate surface area is 165 Å². The highest BCUT2D eigenvalue weighted by Crippen LogP contribution is 2.70. The molecule has 0 aromatic rings. The highest BCUT2D eigenvalue weighted by molar-refractivity contribution is 5.14. The maximum Gasteiger partial charge on any atom is 0.0622 e. The van der Waals surface area contributed by atoms with Gasteiger partial charge in [-0.3, -0.25) is 0 Å². The van der Waals surface area contributed by atoms with Gasteiger partial charge >= 0.3 is 0 Å². The van der Waals surface area contributed by atoms with Crippen LogP contribution in [0.4, 0.5) is 0 Å². The van der Waals surface area contributed by atoms with Gasteiger partial charge < -0.3 is 9.84 Å². The summed E-state index contributed by atoms with van der Waals surface area (Å²) in [6, 6.07) is 0. The summed E-state index contributed by atoms with van der Waals surface area (Å²) in [6.07, 6.45) is 15.2. The van der Waals surface area contributed by atoms with E-state index in [4.69, 9.17) is 4.74 Å². The van der Waals surface area contributed by atoms with Crippen LogP contribution in [0.5, 0.6) is 0 Å². The lowest BCUT2D eigenvalue weighted by Crippen LogP contribution is -2.57. The molecule has 0 spiro atoms. The number of ether oxygens (including phenoxy) is 1. The van der Waals surface area contributed by atoms with E-state index in [2.05, 4.69) is 13.8 Å². The van der Waals surface area contributed by atoms with Crippen LogP contribution in [0.3, 0.4) is 0 Å². The number of fused-ring (bicyclic) bond motifs is 5. The van der Waals surface area contributed by atoms with Gasteiger partial charge in [0.15, 0.2) is 0 Å². The highest BCUT2D eigenvalue weighted by Gasteiger charge is 2.65. The lowest BCUT2D eigenvalue weighted by atomic mass is 9.47. The van der Waals surface area contributed by atoms with Gasteiger partial charge in [-0.1, -0.05) is 6.92 Å². The molecule has 1 N–H and O–H groups in total. The van der Waals surface area contributed by atoms with Crippen molar-refractivity contribution in [2.45, 2.75) is 90.1 Å². The van der Waals surface area contributed by atoms with E-state index < -0.39 is 0 Å². The second kappa shape index (κ2) is 5.75. The minimum Gasteiger partial charge on any atom is -0.390 e. The van der Waals surface area contributed by atoms with Crippen molar-refractivity contribution < 1.29 is 9.84 Å². The standard InChI is InChI=1S/C25H40O2/c1-23(26)11-9-18-16(13-23)3-6-20-19(18)10-12-24(2)21(20)7-8-22(24)25(14-27-15-25)17-4-5-17/h16-22,26H,3-15H2,1-2H3/t16-,18+,19-,20-,21+,22+,23-,24+/m1/s1. The molecule has 5 aliphatic carbocycles. The molecule has 0 amide bonds. The van der Waals surface area contributed by atoms with Gasteiger partial charge in [-0.25, -0.2) is 0 Å². The SMILES string of the molecule is C[C@@]1(O)CC[C@H]2[C@H](CC[C@@H]3[C@@H]2CC[C@]2(C)[C@@H](C4(C5CC5)COC4)CC[C@@H]32)C1. The Balaban J connectivity index is 1.25. The summed E-state index contributed by atoms with van der Waals surface area (Å²) in [6.45, 7) is 6.97. The summed E-state index contributed by atoms with van der Waals surface area (Å²) in [5.74, 6) is 6.65. The quantitative estimate of drug-likeness (QED) is 0.700. The normalized spacial score (nSPS) is 56.6. The molecule has 1 saturated heterocycles. The van der Waals surface area contributed by atoms with Crippen molar-refractivity contribution in [2.75, 3.05) is 13.2 Å². The molecule has 2 heteroatoms. The minimum atomic E-state index is -0.378. The molecule has 152 valence electrons. The molecule has 1 heterocycles. The lowest BCUT2D eigenvalue weighted by molar-refractivity contribution is -0.194. The minimum absolute atomic E-state index is 0.378. The Hall–Kier alpha value is -0.0800. The largest absolute Gasteiger partial charge is 0.390 e. The lowest BCUT2D eigenvalue weighted by Gasteiger charge is -2.60. The Morgan fingerprint density at radius 2 is 1.56 bits per heavy atom. The van der Waals surface area contributed by atoms with E-state index in [0.717, 1.165) is 67.5 Å². The first-order chi connectivity index (χ1) is 12.9. The fourth-order valence-electron chi connectivity index (χ4n) is 9.74. The molecule has 0 aromatic heterocycles. The molecule has 6 fully saturated rings.